The van der Waals surface area contributed by atoms with E-state index in [1.807, 2.05) is 22.6 Å². The molecule has 2 spiro atoms. The summed E-state index contributed by atoms with van der Waals surface area (Å²) < 4.78 is 27.4. The van der Waals surface area contributed by atoms with Gasteiger partial charge in [-0.15, -0.1) is 0 Å². The number of carbonyl (C=O) groups excluding carboxylic acids is 1. The molecule has 0 aromatic rings. The van der Waals surface area contributed by atoms with Crippen LogP contribution in [0.3, 0.4) is 0 Å². The quantitative estimate of drug-likeness (QED) is 0.399. The van der Waals surface area contributed by atoms with E-state index in [-0.39, 0.29) is 22.7 Å². The first-order valence-electron chi connectivity index (χ1n) is 6.87. The Balaban J connectivity index is 1.81. The average molecular weight is 415 g/mol. The molecular formula is C12H18INO7. The van der Waals surface area contributed by atoms with Gasteiger partial charge in [-0.1, -0.05) is 27.7 Å². The lowest BCUT2D eigenvalue weighted by Gasteiger charge is -2.49. The molecule has 0 bridgehead atoms. The SMILES string of the molecule is CC(I)C(=O)OC1CC2(OCCO2)N(O)C2(C1)OCCO2. The molecular weight excluding hydrogens is 397 g/mol. The molecule has 9 heteroatoms. The van der Waals surface area contributed by atoms with Gasteiger partial charge in [0.15, 0.2) is 0 Å². The second-order valence-corrected chi connectivity index (χ2v) is 7.08. The first-order valence-corrected chi connectivity index (χ1v) is 8.12. The van der Waals surface area contributed by atoms with Gasteiger partial charge < -0.3 is 28.9 Å². The minimum Gasteiger partial charge on any atom is -0.461 e. The molecule has 3 rings (SSSR count). The van der Waals surface area contributed by atoms with Gasteiger partial charge in [-0.2, -0.15) is 0 Å². The maximum atomic E-state index is 11.8. The van der Waals surface area contributed by atoms with Gasteiger partial charge in [0.2, 0.25) is 0 Å². The molecule has 8 nitrogen and oxygen atoms in total. The Hall–Kier alpha value is -0.0400. The van der Waals surface area contributed by atoms with E-state index in [1.165, 1.54) is 0 Å². The number of rotatable bonds is 2. The normalized spacial score (nSPS) is 32.6. The zero-order valence-corrected chi connectivity index (χ0v) is 13.8. The number of halogens is 1. The topological polar surface area (TPSA) is 86.7 Å². The highest BCUT2D eigenvalue weighted by molar-refractivity contribution is 14.1. The maximum Gasteiger partial charge on any atom is 0.318 e. The fourth-order valence-electron chi connectivity index (χ4n) is 2.79. The standard InChI is InChI=1S/C12H18INO7/c1-8(13)10(15)21-9-6-11(17-2-3-18-11)14(16)12(7-9)19-4-5-20-12/h8-9,16H,2-7H2,1H3. The third-order valence-corrected chi connectivity index (χ3v) is 4.21. The second-order valence-electron chi connectivity index (χ2n) is 5.21. The average Bonchev–Trinajstić information content (AvgIpc) is 3.07. The molecule has 0 aromatic heterocycles. The number of ether oxygens (including phenoxy) is 5. The van der Waals surface area contributed by atoms with Gasteiger partial charge in [-0.3, -0.25) is 4.79 Å². The Bertz CT molecular complexity index is 380. The Morgan fingerprint density at radius 1 is 1.19 bits per heavy atom. The van der Waals surface area contributed by atoms with E-state index in [9.17, 15) is 10.0 Å². The number of carbonyl (C=O) groups is 1. The molecule has 1 atom stereocenters. The van der Waals surface area contributed by atoms with Crippen molar-refractivity contribution in [2.24, 2.45) is 0 Å². The minimum atomic E-state index is -1.39. The van der Waals surface area contributed by atoms with Gasteiger partial charge in [0.1, 0.15) is 10.0 Å². The van der Waals surface area contributed by atoms with Crippen molar-refractivity contribution in [1.82, 2.24) is 5.06 Å². The lowest BCUT2D eigenvalue weighted by Crippen LogP contribution is -2.67. The van der Waals surface area contributed by atoms with E-state index in [1.54, 1.807) is 6.92 Å². The first kappa shape index (κ1) is 15.8. The van der Waals surface area contributed by atoms with Crippen molar-refractivity contribution >= 4 is 28.6 Å². The summed E-state index contributed by atoms with van der Waals surface area (Å²) in [6.07, 6.45) is -0.116. The van der Waals surface area contributed by atoms with Crippen LogP contribution >= 0.6 is 22.6 Å². The molecule has 0 aromatic carbocycles. The molecule has 3 heterocycles. The van der Waals surface area contributed by atoms with E-state index >= 15 is 0 Å². The molecule has 3 aliphatic heterocycles. The predicted molar refractivity (Wildman–Crippen MR) is 75.5 cm³/mol. The lowest BCUT2D eigenvalue weighted by molar-refractivity contribution is -0.490. The van der Waals surface area contributed by atoms with Crippen LogP contribution in [0.4, 0.5) is 0 Å². The van der Waals surface area contributed by atoms with Crippen LogP contribution in [0.15, 0.2) is 0 Å². The van der Waals surface area contributed by atoms with Crippen molar-refractivity contribution in [3.05, 3.63) is 0 Å². The number of hydrogen-bond donors (Lipinski definition) is 1. The van der Waals surface area contributed by atoms with Crippen LogP contribution in [0, 0.1) is 0 Å². The Morgan fingerprint density at radius 2 is 1.62 bits per heavy atom. The van der Waals surface area contributed by atoms with Crippen molar-refractivity contribution in [1.29, 1.82) is 0 Å². The number of nitrogens with zero attached hydrogens (tertiary/aromatic N) is 1. The molecule has 0 saturated carbocycles. The highest BCUT2D eigenvalue weighted by atomic mass is 127. The van der Waals surface area contributed by atoms with Crippen molar-refractivity contribution in [3.8, 4) is 0 Å². The van der Waals surface area contributed by atoms with Crippen molar-refractivity contribution in [2.75, 3.05) is 26.4 Å². The van der Waals surface area contributed by atoms with Crippen LogP contribution in [0.25, 0.3) is 0 Å². The van der Waals surface area contributed by atoms with Gasteiger partial charge in [0.25, 0.3) is 11.8 Å². The summed E-state index contributed by atoms with van der Waals surface area (Å²) in [6.45, 7) is 3.13. The van der Waals surface area contributed by atoms with Crippen LogP contribution in [0.5, 0.6) is 0 Å². The van der Waals surface area contributed by atoms with E-state index in [2.05, 4.69) is 0 Å². The molecule has 1 N–H and O–H groups in total. The minimum absolute atomic E-state index is 0.201. The molecule has 3 saturated heterocycles. The third-order valence-electron chi connectivity index (χ3n) is 3.70. The highest BCUT2D eigenvalue weighted by Crippen LogP contribution is 2.44. The first-order chi connectivity index (χ1) is 9.97. The molecule has 120 valence electrons. The summed E-state index contributed by atoms with van der Waals surface area (Å²) in [4.78, 5) is 11.8. The molecule has 3 fully saturated rings. The molecule has 1 unspecified atom stereocenters. The van der Waals surface area contributed by atoms with Crippen LogP contribution < -0.4 is 0 Å². The lowest BCUT2D eigenvalue weighted by atomic mass is 10.0. The van der Waals surface area contributed by atoms with E-state index in [4.69, 9.17) is 23.7 Å². The van der Waals surface area contributed by atoms with Crippen LogP contribution in [-0.2, 0) is 28.5 Å². The smallest absolute Gasteiger partial charge is 0.318 e. The molecule has 0 radical (unpaired) electrons. The molecule has 0 amide bonds. The monoisotopic (exact) mass is 415 g/mol. The fourth-order valence-corrected chi connectivity index (χ4v) is 2.94. The van der Waals surface area contributed by atoms with Gasteiger partial charge in [-0.05, 0) is 6.92 Å². The predicted octanol–water partition coefficient (Wildman–Crippen LogP) is 0.608. The fraction of sp³-hybridized carbons (Fsp3) is 0.917. The van der Waals surface area contributed by atoms with Crippen LogP contribution in [-0.4, -0.2) is 64.5 Å². The van der Waals surface area contributed by atoms with Gasteiger partial charge >= 0.3 is 5.97 Å². The molecule has 3 aliphatic rings. The third kappa shape index (κ3) is 2.80. The van der Waals surface area contributed by atoms with Gasteiger partial charge in [-0.25, -0.2) is 0 Å². The van der Waals surface area contributed by atoms with Gasteiger partial charge in [0.05, 0.1) is 39.3 Å². The Kier molecular flexibility index (Phi) is 4.43. The molecule has 0 aliphatic carbocycles. The van der Waals surface area contributed by atoms with E-state index in [0.29, 0.717) is 26.4 Å². The van der Waals surface area contributed by atoms with Crippen molar-refractivity contribution in [2.45, 2.75) is 41.6 Å². The Morgan fingerprint density at radius 3 is 2.00 bits per heavy atom. The molecule has 21 heavy (non-hydrogen) atoms. The zero-order valence-electron chi connectivity index (χ0n) is 11.6. The largest absolute Gasteiger partial charge is 0.461 e. The summed E-state index contributed by atoms with van der Waals surface area (Å²) in [7, 11) is 0. The van der Waals surface area contributed by atoms with Crippen molar-refractivity contribution < 1.29 is 33.7 Å². The van der Waals surface area contributed by atoms with Crippen molar-refractivity contribution in [3.63, 3.8) is 0 Å². The Labute approximate surface area is 135 Å². The maximum absolute atomic E-state index is 11.8. The second kappa shape index (κ2) is 5.87. The number of hydrogen-bond acceptors (Lipinski definition) is 8. The summed E-state index contributed by atoms with van der Waals surface area (Å²) in [6, 6.07) is 0. The van der Waals surface area contributed by atoms with Gasteiger partial charge in [0, 0.05) is 0 Å². The van der Waals surface area contributed by atoms with Crippen LogP contribution in [0.2, 0.25) is 0 Å². The summed E-state index contributed by atoms with van der Waals surface area (Å²) in [5.41, 5.74) is 0. The highest BCUT2D eigenvalue weighted by Gasteiger charge is 2.62. The van der Waals surface area contributed by atoms with E-state index < -0.39 is 17.9 Å². The van der Waals surface area contributed by atoms with E-state index in [0.717, 1.165) is 5.06 Å². The number of alkyl halides is 1. The zero-order chi connectivity index (χ0) is 15.1. The van der Waals surface area contributed by atoms with Crippen LogP contribution in [0.1, 0.15) is 19.8 Å². The summed E-state index contributed by atoms with van der Waals surface area (Å²) in [5, 5.41) is 11.3. The number of piperidine rings is 1. The number of esters is 1. The number of hydroxylamine groups is 2. The summed E-state index contributed by atoms with van der Waals surface area (Å²) in [5.74, 6) is -3.10. The summed E-state index contributed by atoms with van der Waals surface area (Å²) >= 11 is 1.99.